The van der Waals surface area contributed by atoms with Crippen molar-refractivity contribution in [1.82, 2.24) is 0 Å². The average molecular weight is 190 g/mol. The van der Waals surface area contributed by atoms with E-state index in [1.54, 1.807) is 17.4 Å². The van der Waals surface area contributed by atoms with Gasteiger partial charge in [0.05, 0.1) is 4.88 Å². The number of hydrogen-bond acceptors (Lipinski definition) is 2. The van der Waals surface area contributed by atoms with Gasteiger partial charge in [0.25, 0.3) is 0 Å². The van der Waals surface area contributed by atoms with Crippen molar-refractivity contribution >= 4 is 17.1 Å². The number of Topliss-reactive ketones (excluding diaryl/α,β-unsaturated/α-hetero) is 1. The molecule has 66 valence electrons. The van der Waals surface area contributed by atoms with Crippen LogP contribution < -0.4 is 0 Å². The summed E-state index contributed by atoms with van der Waals surface area (Å²) in [6.07, 6.45) is 2.91. The molecule has 0 unspecified atom stereocenters. The van der Waals surface area contributed by atoms with Gasteiger partial charge in [-0.25, -0.2) is 0 Å². The molecule has 1 nitrogen and oxygen atoms in total. The van der Waals surface area contributed by atoms with E-state index in [-0.39, 0.29) is 5.78 Å². The normalized spacial score (nSPS) is 8.62. The number of rotatable bonds is 3. The van der Waals surface area contributed by atoms with Crippen LogP contribution >= 0.6 is 11.3 Å². The molecule has 0 bridgehead atoms. The van der Waals surface area contributed by atoms with E-state index in [1.165, 1.54) is 0 Å². The van der Waals surface area contributed by atoms with Gasteiger partial charge in [-0.1, -0.05) is 12.1 Å². The minimum absolute atomic E-state index is 0.0201. The zero-order valence-electron chi connectivity index (χ0n) is 7.25. The number of thiophene rings is 1. The molecular formula is C11H10OS. The Kier molecular flexibility index (Phi) is 4.01. The predicted molar refractivity (Wildman–Crippen MR) is 55.6 cm³/mol. The van der Waals surface area contributed by atoms with Crippen molar-refractivity contribution in [3.63, 3.8) is 0 Å². The second-order valence-corrected chi connectivity index (χ2v) is 3.43. The number of carbonyl (C=O) groups is 1. The van der Waals surface area contributed by atoms with Gasteiger partial charge in [0.15, 0.2) is 0 Å². The summed E-state index contributed by atoms with van der Waals surface area (Å²) in [5.74, 6) is 5.39. The maximum absolute atomic E-state index is 11.1. The van der Waals surface area contributed by atoms with Crippen LogP contribution in [-0.4, -0.2) is 5.78 Å². The van der Waals surface area contributed by atoms with E-state index in [0.717, 1.165) is 4.88 Å². The van der Waals surface area contributed by atoms with E-state index in [4.69, 9.17) is 0 Å². The Balaban J connectivity index is 2.47. The van der Waals surface area contributed by atoms with Gasteiger partial charge in [-0.05, 0) is 29.7 Å². The summed E-state index contributed by atoms with van der Waals surface area (Å²) >= 11 is 1.54. The molecular weight excluding hydrogens is 180 g/mol. The molecule has 0 fully saturated rings. The highest BCUT2D eigenvalue weighted by molar-refractivity contribution is 7.10. The number of hydrogen-bond donors (Lipinski definition) is 0. The topological polar surface area (TPSA) is 17.1 Å². The minimum Gasteiger partial charge on any atom is -0.285 e. The molecule has 1 aromatic heterocycles. The summed E-state index contributed by atoms with van der Waals surface area (Å²) in [5, 5.41) is 1.94. The highest BCUT2D eigenvalue weighted by atomic mass is 32.1. The summed E-state index contributed by atoms with van der Waals surface area (Å²) < 4.78 is 0. The fraction of sp³-hybridized carbons (Fsp3) is 0.182. The molecule has 0 saturated heterocycles. The molecule has 13 heavy (non-hydrogen) atoms. The average Bonchev–Trinajstić information content (AvgIpc) is 2.64. The van der Waals surface area contributed by atoms with Crippen LogP contribution in [0.25, 0.3) is 0 Å². The van der Waals surface area contributed by atoms with E-state index < -0.39 is 0 Å². The Morgan fingerprint density at radius 3 is 3.15 bits per heavy atom. The molecule has 0 amide bonds. The molecule has 1 aromatic rings. The Morgan fingerprint density at radius 2 is 2.54 bits per heavy atom. The smallest absolute Gasteiger partial charge is 0.206 e. The lowest BCUT2D eigenvalue weighted by Gasteiger charge is -1.84. The first-order chi connectivity index (χ1) is 6.33. The number of ketones is 1. The molecule has 0 N–H and O–H groups in total. The maximum Gasteiger partial charge on any atom is 0.206 e. The van der Waals surface area contributed by atoms with Crippen molar-refractivity contribution in [3.8, 4) is 11.8 Å². The quantitative estimate of drug-likeness (QED) is 0.529. The second kappa shape index (κ2) is 5.34. The summed E-state index contributed by atoms with van der Waals surface area (Å²) in [6, 6.07) is 3.82. The van der Waals surface area contributed by atoms with Gasteiger partial charge in [-0.3, -0.25) is 4.79 Å². The van der Waals surface area contributed by atoms with Crippen molar-refractivity contribution in [3.05, 3.63) is 35.0 Å². The lowest BCUT2D eigenvalue weighted by atomic mass is 10.2. The first kappa shape index (κ1) is 9.76. The Labute approximate surface area is 82.1 Å². The summed E-state index contributed by atoms with van der Waals surface area (Å²) in [5.41, 5.74) is 0. The molecule has 2 heteroatoms. The zero-order valence-corrected chi connectivity index (χ0v) is 8.06. The predicted octanol–water partition coefficient (Wildman–Crippen LogP) is 2.63. The van der Waals surface area contributed by atoms with Gasteiger partial charge in [0.2, 0.25) is 5.78 Å². The van der Waals surface area contributed by atoms with Crippen LogP contribution in [0.5, 0.6) is 0 Å². The third-order valence-electron chi connectivity index (χ3n) is 1.42. The fourth-order valence-corrected chi connectivity index (χ4v) is 1.35. The summed E-state index contributed by atoms with van der Waals surface area (Å²) in [7, 11) is 0. The van der Waals surface area contributed by atoms with Gasteiger partial charge >= 0.3 is 0 Å². The SMILES string of the molecule is C=CCCC(=O)C#Cc1cccs1. The monoisotopic (exact) mass is 190 g/mol. The van der Waals surface area contributed by atoms with E-state index in [1.807, 2.05) is 17.5 Å². The summed E-state index contributed by atoms with van der Waals surface area (Å²) in [6.45, 7) is 3.54. The molecule has 0 spiro atoms. The van der Waals surface area contributed by atoms with Crippen molar-refractivity contribution < 1.29 is 4.79 Å². The van der Waals surface area contributed by atoms with Crippen LogP contribution in [-0.2, 0) is 4.79 Å². The lowest BCUT2D eigenvalue weighted by Crippen LogP contribution is -1.90. The van der Waals surface area contributed by atoms with Crippen molar-refractivity contribution in [2.45, 2.75) is 12.8 Å². The van der Waals surface area contributed by atoms with Crippen LogP contribution in [0.2, 0.25) is 0 Å². The Hall–Kier alpha value is -1.33. The van der Waals surface area contributed by atoms with Gasteiger partial charge < -0.3 is 0 Å². The van der Waals surface area contributed by atoms with Gasteiger partial charge in [-0.15, -0.1) is 17.9 Å². The fourth-order valence-electron chi connectivity index (χ4n) is 0.777. The van der Waals surface area contributed by atoms with Crippen LogP contribution in [0, 0.1) is 11.8 Å². The highest BCUT2D eigenvalue weighted by Gasteiger charge is 1.93. The van der Waals surface area contributed by atoms with Gasteiger partial charge in [0.1, 0.15) is 0 Å². The first-order valence-electron chi connectivity index (χ1n) is 4.02. The van der Waals surface area contributed by atoms with E-state index in [0.29, 0.717) is 12.8 Å². The van der Waals surface area contributed by atoms with E-state index in [9.17, 15) is 4.79 Å². The van der Waals surface area contributed by atoms with Crippen LogP contribution in [0.15, 0.2) is 30.2 Å². The lowest BCUT2D eigenvalue weighted by molar-refractivity contribution is -0.113. The van der Waals surface area contributed by atoms with Crippen LogP contribution in [0.1, 0.15) is 17.7 Å². The second-order valence-electron chi connectivity index (χ2n) is 2.48. The van der Waals surface area contributed by atoms with Crippen LogP contribution in [0.4, 0.5) is 0 Å². The molecule has 0 atom stereocenters. The maximum atomic E-state index is 11.1. The van der Waals surface area contributed by atoms with Crippen molar-refractivity contribution in [2.75, 3.05) is 0 Å². The van der Waals surface area contributed by atoms with Crippen molar-refractivity contribution in [1.29, 1.82) is 0 Å². The number of allylic oxidation sites excluding steroid dienone is 1. The zero-order chi connectivity index (χ0) is 9.52. The third kappa shape index (κ3) is 3.73. The molecule has 0 aromatic carbocycles. The number of carbonyl (C=O) groups excluding carboxylic acids is 1. The van der Waals surface area contributed by atoms with E-state index >= 15 is 0 Å². The van der Waals surface area contributed by atoms with Crippen LogP contribution in [0.3, 0.4) is 0 Å². The van der Waals surface area contributed by atoms with Crippen molar-refractivity contribution in [2.24, 2.45) is 0 Å². The molecule has 0 saturated carbocycles. The first-order valence-corrected chi connectivity index (χ1v) is 4.90. The standard InChI is InChI=1S/C11H10OS/c1-2-3-5-10(12)7-8-11-6-4-9-13-11/h2,4,6,9H,1,3,5H2. The molecule has 1 rings (SSSR count). The molecule has 0 aliphatic heterocycles. The molecule has 0 aliphatic rings. The Morgan fingerprint density at radius 1 is 1.69 bits per heavy atom. The van der Waals surface area contributed by atoms with Gasteiger partial charge in [0, 0.05) is 6.42 Å². The molecule has 1 heterocycles. The molecule has 0 aliphatic carbocycles. The minimum atomic E-state index is -0.0201. The van der Waals surface area contributed by atoms with Gasteiger partial charge in [-0.2, -0.15) is 0 Å². The Bertz CT molecular complexity index is 338. The van der Waals surface area contributed by atoms with E-state index in [2.05, 4.69) is 18.4 Å². The largest absolute Gasteiger partial charge is 0.285 e. The summed E-state index contributed by atoms with van der Waals surface area (Å²) in [4.78, 5) is 12.0. The molecule has 0 radical (unpaired) electrons. The third-order valence-corrected chi connectivity index (χ3v) is 2.21. The highest BCUT2D eigenvalue weighted by Crippen LogP contribution is 2.05.